The van der Waals surface area contributed by atoms with E-state index < -0.39 is 0 Å². The predicted octanol–water partition coefficient (Wildman–Crippen LogP) is 0.689. The molecule has 4 heteroatoms. The van der Waals surface area contributed by atoms with E-state index in [4.69, 9.17) is 10.5 Å². The lowest BCUT2D eigenvalue weighted by atomic mass is 9.82. The Morgan fingerprint density at radius 2 is 1.94 bits per heavy atom. The summed E-state index contributed by atoms with van der Waals surface area (Å²) in [5, 5.41) is 9.43. The van der Waals surface area contributed by atoms with Crippen molar-refractivity contribution in [3.8, 4) is 0 Å². The Morgan fingerprint density at radius 1 is 1.38 bits per heavy atom. The third-order valence-corrected chi connectivity index (χ3v) is 3.03. The molecule has 0 aliphatic heterocycles. The van der Waals surface area contributed by atoms with Crippen molar-refractivity contribution in [2.24, 2.45) is 11.1 Å². The van der Waals surface area contributed by atoms with Crippen molar-refractivity contribution < 1.29 is 9.84 Å². The molecular weight excluding hydrogens is 204 g/mol. The zero-order valence-electron chi connectivity index (χ0n) is 11.4. The summed E-state index contributed by atoms with van der Waals surface area (Å²) in [6.45, 7) is 8.04. The van der Waals surface area contributed by atoms with E-state index in [1.807, 2.05) is 7.05 Å². The molecule has 0 amide bonds. The summed E-state index contributed by atoms with van der Waals surface area (Å²) in [7, 11) is 3.70. The van der Waals surface area contributed by atoms with Crippen molar-refractivity contribution in [3.63, 3.8) is 0 Å². The van der Waals surface area contributed by atoms with Crippen LogP contribution in [0.2, 0.25) is 0 Å². The van der Waals surface area contributed by atoms with E-state index in [9.17, 15) is 5.11 Å². The first kappa shape index (κ1) is 15.8. The Bertz CT molecular complexity index is 180. The molecule has 3 N–H and O–H groups in total. The molecule has 0 fully saturated rings. The van der Waals surface area contributed by atoms with Crippen LogP contribution in [0.15, 0.2) is 0 Å². The van der Waals surface area contributed by atoms with Crippen molar-refractivity contribution in [3.05, 3.63) is 0 Å². The zero-order chi connectivity index (χ0) is 12.8. The molecule has 0 heterocycles. The maximum Gasteiger partial charge on any atom is 0.0602 e. The van der Waals surface area contributed by atoms with Crippen LogP contribution < -0.4 is 5.73 Å². The summed E-state index contributed by atoms with van der Waals surface area (Å²) in [5.41, 5.74) is 6.18. The van der Waals surface area contributed by atoms with E-state index in [1.54, 1.807) is 7.11 Å². The van der Waals surface area contributed by atoms with Crippen LogP contribution in [-0.2, 0) is 4.74 Å². The number of hydrogen-bond acceptors (Lipinski definition) is 4. The molecule has 0 bridgehead atoms. The standard InChI is InChI=1S/C12H28N2O2/c1-12(2,3)11(13)10(9-15)14(4)7-6-8-16-5/h10-11,15H,6-9,13H2,1-5H3. The topological polar surface area (TPSA) is 58.7 Å². The van der Waals surface area contributed by atoms with Gasteiger partial charge >= 0.3 is 0 Å². The van der Waals surface area contributed by atoms with Gasteiger partial charge in [-0.1, -0.05) is 20.8 Å². The molecule has 0 saturated heterocycles. The second-order valence-electron chi connectivity index (χ2n) is 5.47. The van der Waals surface area contributed by atoms with Crippen molar-refractivity contribution in [1.29, 1.82) is 0 Å². The lowest BCUT2D eigenvalue weighted by Gasteiger charge is -2.38. The lowest BCUT2D eigenvalue weighted by molar-refractivity contribution is 0.0809. The van der Waals surface area contributed by atoms with Crippen LogP contribution in [0.1, 0.15) is 27.2 Å². The fraction of sp³-hybridized carbons (Fsp3) is 1.00. The summed E-state index contributed by atoms with van der Waals surface area (Å²) in [6.07, 6.45) is 0.959. The van der Waals surface area contributed by atoms with Gasteiger partial charge in [0.25, 0.3) is 0 Å². The Labute approximate surface area is 99.8 Å². The molecule has 2 atom stereocenters. The van der Waals surface area contributed by atoms with Crippen molar-refractivity contribution in [2.45, 2.75) is 39.3 Å². The average molecular weight is 232 g/mol. The monoisotopic (exact) mass is 232 g/mol. The second kappa shape index (κ2) is 7.22. The Hall–Kier alpha value is -0.160. The molecule has 0 rings (SSSR count). The van der Waals surface area contributed by atoms with Crippen molar-refractivity contribution in [1.82, 2.24) is 4.90 Å². The zero-order valence-corrected chi connectivity index (χ0v) is 11.4. The van der Waals surface area contributed by atoms with E-state index in [-0.39, 0.29) is 24.1 Å². The summed E-state index contributed by atoms with van der Waals surface area (Å²) < 4.78 is 5.01. The first-order valence-corrected chi connectivity index (χ1v) is 5.90. The highest BCUT2D eigenvalue weighted by atomic mass is 16.5. The molecule has 0 aliphatic rings. The van der Waals surface area contributed by atoms with Gasteiger partial charge in [-0.15, -0.1) is 0 Å². The van der Waals surface area contributed by atoms with Crippen LogP contribution in [0.4, 0.5) is 0 Å². The van der Waals surface area contributed by atoms with Gasteiger partial charge in [-0.05, 0) is 18.9 Å². The first-order valence-electron chi connectivity index (χ1n) is 5.90. The number of methoxy groups -OCH3 is 1. The maximum absolute atomic E-state index is 9.43. The molecule has 2 unspecified atom stereocenters. The van der Waals surface area contributed by atoms with Crippen LogP contribution in [0.25, 0.3) is 0 Å². The molecule has 16 heavy (non-hydrogen) atoms. The van der Waals surface area contributed by atoms with Crippen molar-refractivity contribution >= 4 is 0 Å². The van der Waals surface area contributed by atoms with E-state index >= 15 is 0 Å². The maximum atomic E-state index is 9.43. The van der Waals surface area contributed by atoms with Gasteiger partial charge in [-0.2, -0.15) is 0 Å². The van der Waals surface area contributed by atoms with Crippen LogP contribution in [0.5, 0.6) is 0 Å². The smallest absolute Gasteiger partial charge is 0.0602 e. The summed E-state index contributed by atoms with van der Waals surface area (Å²) in [4.78, 5) is 2.12. The highest BCUT2D eigenvalue weighted by Crippen LogP contribution is 2.22. The average Bonchev–Trinajstić information content (AvgIpc) is 2.17. The molecule has 0 aromatic carbocycles. The Kier molecular flexibility index (Phi) is 7.15. The third kappa shape index (κ3) is 5.25. The van der Waals surface area contributed by atoms with Crippen LogP contribution >= 0.6 is 0 Å². The number of hydrogen-bond donors (Lipinski definition) is 2. The van der Waals surface area contributed by atoms with Crippen LogP contribution in [0.3, 0.4) is 0 Å². The van der Waals surface area contributed by atoms with Gasteiger partial charge in [0.05, 0.1) is 6.61 Å². The molecule has 0 aromatic heterocycles. The number of aliphatic hydroxyl groups excluding tert-OH is 1. The van der Waals surface area contributed by atoms with E-state index in [0.29, 0.717) is 0 Å². The second-order valence-corrected chi connectivity index (χ2v) is 5.47. The number of ether oxygens (including phenoxy) is 1. The number of likely N-dealkylation sites (N-methyl/N-ethyl adjacent to an activating group) is 1. The van der Waals surface area contributed by atoms with Gasteiger partial charge in [-0.25, -0.2) is 0 Å². The molecule has 98 valence electrons. The fourth-order valence-electron chi connectivity index (χ4n) is 1.73. The highest BCUT2D eigenvalue weighted by molar-refractivity contribution is 4.88. The fourth-order valence-corrected chi connectivity index (χ4v) is 1.73. The van der Waals surface area contributed by atoms with Gasteiger partial charge in [0.15, 0.2) is 0 Å². The molecule has 0 aromatic rings. The van der Waals surface area contributed by atoms with Gasteiger partial charge < -0.3 is 15.6 Å². The minimum absolute atomic E-state index is 0.00289. The van der Waals surface area contributed by atoms with Crippen molar-refractivity contribution in [2.75, 3.05) is 33.9 Å². The van der Waals surface area contributed by atoms with Crippen LogP contribution in [0, 0.1) is 5.41 Å². The minimum Gasteiger partial charge on any atom is -0.395 e. The Morgan fingerprint density at radius 3 is 2.31 bits per heavy atom. The SMILES string of the molecule is COCCCN(C)C(CO)C(N)C(C)(C)C. The normalized spacial score (nSPS) is 16.5. The number of rotatable bonds is 7. The minimum atomic E-state index is -0.0370. The summed E-state index contributed by atoms with van der Waals surface area (Å²) >= 11 is 0. The molecule has 0 spiro atoms. The van der Waals surface area contributed by atoms with E-state index in [2.05, 4.69) is 25.7 Å². The van der Waals surface area contributed by atoms with Gasteiger partial charge in [0, 0.05) is 32.3 Å². The first-order chi connectivity index (χ1) is 7.34. The number of nitrogens with two attached hydrogens (primary N) is 1. The molecular formula is C12H28N2O2. The van der Waals surface area contributed by atoms with E-state index in [0.717, 1.165) is 19.6 Å². The van der Waals surface area contributed by atoms with Gasteiger partial charge in [-0.3, -0.25) is 4.90 Å². The largest absolute Gasteiger partial charge is 0.395 e. The number of aliphatic hydroxyl groups is 1. The highest BCUT2D eigenvalue weighted by Gasteiger charge is 2.30. The summed E-state index contributed by atoms with van der Waals surface area (Å²) in [6, 6.07) is -0.0260. The molecule has 0 radical (unpaired) electrons. The Balaban J connectivity index is 4.25. The van der Waals surface area contributed by atoms with Gasteiger partial charge in [0.2, 0.25) is 0 Å². The lowest BCUT2D eigenvalue weighted by Crippen LogP contribution is -2.54. The van der Waals surface area contributed by atoms with Gasteiger partial charge in [0.1, 0.15) is 0 Å². The summed E-state index contributed by atoms with van der Waals surface area (Å²) in [5.74, 6) is 0. The molecule has 4 nitrogen and oxygen atoms in total. The quantitative estimate of drug-likeness (QED) is 0.634. The number of nitrogens with zero attached hydrogens (tertiary/aromatic N) is 1. The molecule has 0 aliphatic carbocycles. The molecule has 0 saturated carbocycles. The third-order valence-electron chi connectivity index (χ3n) is 3.03. The van der Waals surface area contributed by atoms with Crippen LogP contribution in [-0.4, -0.2) is 56.0 Å². The predicted molar refractivity (Wildman–Crippen MR) is 67.4 cm³/mol. The van der Waals surface area contributed by atoms with E-state index in [1.165, 1.54) is 0 Å².